The van der Waals surface area contributed by atoms with Gasteiger partial charge in [0.05, 0.1) is 6.42 Å². The molecule has 0 heterocycles. The number of hydrogen-bond acceptors (Lipinski definition) is 2. The van der Waals surface area contributed by atoms with E-state index in [2.05, 4.69) is 5.32 Å². The van der Waals surface area contributed by atoms with Crippen LogP contribution in [0.2, 0.25) is 10.0 Å². The molecule has 0 fully saturated rings. The highest BCUT2D eigenvalue weighted by molar-refractivity contribution is 6.36. The lowest BCUT2D eigenvalue weighted by Gasteiger charge is -2.34. The molecule has 0 aliphatic heterocycles. The van der Waals surface area contributed by atoms with Crippen molar-refractivity contribution in [2.45, 2.75) is 51.7 Å². The van der Waals surface area contributed by atoms with E-state index in [9.17, 15) is 9.59 Å². The van der Waals surface area contributed by atoms with Gasteiger partial charge in [-0.15, -0.1) is 0 Å². The van der Waals surface area contributed by atoms with Crippen molar-refractivity contribution in [1.82, 2.24) is 10.2 Å². The molecular weight excluding hydrogens is 467 g/mol. The molecule has 0 aliphatic rings. The van der Waals surface area contributed by atoms with Crippen LogP contribution in [0, 0.1) is 0 Å². The van der Waals surface area contributed by atoms with Gasteiger partial charge in [0.15, 0.2) is 0 Å². The minimum absolute atomic E-state index is 0.000568. The second kappa shape index (κ2) is 11.5. The Balaban J connectivity index is 2.01. The molecule has 178 valence electrons. The standard InChI is InChI=1S/C28H30Cl2N2O2/c1-28(2,3)31-27(34)25(17-20-11-6-4-7-12-20)32(19-21-13-8-5-9-14-21)26(33)18-22-23(29)15-10-16-24(22)30/h4-16,25H,17-19H2,1-3H3,(H,31,34). The number of halogens is 2. The van der Waals surface area contributed by atoms with Gasteiger partial charge in [-0.05, 0) is 49.6 Å². The molecule has 0 aromatic heterocycles. The molecule has 3 aromatic carbocycles. The highest BCUT2D eigenvalue weighted by Gasteiger charge is 2.32. The SMILES string of the molecule is CC(C)(C)NC(=O)C(Cc1ccccc1)N(Cc1ccccc1)C(=O)Cc1c(Cl)cccc1Cl. The van der Waals surface area contributed by atoms with Crippen LogP contribution in [0.25, 0.3) is 0 Å². The second-order valence-electron chi connectivity index (χ2n) is 9.33. The number of nitrogens with zero attached hydrogens (tertiary/aromatic N) is 1. The lowest BCUT2D eigenvalue weighted by atomic mass is 10.00. The molecule has 0 aliphatic carbocycles. The first-order chi connectivity index (χ1) is 16.1. The first-order valence-electron chi connectivity index (χ1n) is 11.3. The number of carbonyl (C=O) groups excluding carboxylic acids is 2. The minimum atomic E-state index is -0.712. The van der Waals surface area contributed by atoms with Gasteiger partial charge in [-0.1, -0.05) is 89.9 Å². The number of rotatable bonds is 8. The molecule has 1 atom stereocenters. The molecule has 4 nitrogen and oxygen atoms in total. The summed E-state index contributed by atoms with van der Waals surface area (Å²) in [4.78, 5) is 28.9. The van der Waals surface area contributed by atoms with Gasteiger partial charge in [-0.2, -0.15) is 0 Å². The molecular formula is C28H30Cl2N2O2. The normalized spacial score (nSPS) is 12.1. The maximum absolute atomic E-state index is 13.8. The van der Waals surface area contributed by atoms with Gasteiger partial charge in [-0.3, -0.25) is 9.59 Å². The van der Waals surface area contributed by atoms with Crippen LogP contribution in [0.15, 0.2) is 78.9 Å². The van der Waals surface area contributed by atoms with E-state index in [1.54, 1.807) is 23.1 Å². The van der Waals surface area contributed by atoms with E-state index in [-0.39, 0.29) is 24.8 Å². The van der Waals surface area contributed by atoms with E-state index in [1.165, 1.54) is 0 Å². The average Bonchev–Trinajstić information content (AvgIpc) is 2.79. The highest BCUT2D eigenvalue weighted by Crippen LogP contribution is 2.26. The minimum Gasteiger partial charge on any atom is -0.350 e. The molecule has 0 saturated carbocycles. The van der Waals surface area contributed by atoms with Crippen molar-refractivity contribution in [2.24, 2.45) is 0 Å². The number of amides is 2. The Kier molecular flexibility index (Phi) is 8.76. The topological polar surface area (TPSA) is 49.4 Å². The summed E-state index contributed by atoms with van der Waals surface area (Å²) in [6.07, 6.45) is 0.386. The number of benzene rings is 3. The van der Waals surface area contributed by atoms with Crippen molar-refractivity contribution in [2.75, 3.05) is 0 Å². The third kappa shape index (κ3) is 7.34. The van der Waals surface area contributed by atoms with Crippen LogP contribution in [-0.2, 0) is 29.0 Å². The van der Waals surface area contributed by atoms with Crippen LogP contribution in [-0.4, -0.2) is 28.3 Å². The van der Waals surface area contributed by atoms with Gasteiger partial charge >= 0.3 is 0 Å². The van der Waals surface area contributed by atoms with Crippen LogP contribution < -0.4 is 5.32 Å². The van der Waals surface area contributed by atoms with Crippen LogP contribution in [0.5, 0.6) is 0 Å². The van der Waals surface area contributed by atoms with Crippen molar-refractivity contribution < 1.29 is 9.59 Å². The van der Waals surface area contributed by atoms with E-state index in [0.717, 1.165) is 11.1 Å². The Bertz CT molecular complexity index is 1090. The van der Waals surface area contributed by atoms with Gasteiger partial charge in [-0.25, -0.2) is 0 Å². The molecule has 0 bridgehead atoms. The van der Waals surface area contributed by atoms with Crippen LogP contribution in [0.1, 0.15) is 37.5 Å². The molecule has 34 heavy (non-hydrogen) atoms. The summed E-state index contributed by atoms with van der Waals surface area (Å²) < 4.78 is 0. The maximum atomic E-state index is 13.8. The summed E-state index contributed by atoms with van der Waals surface area (Å²) in [6.45, 7) is 6.07. The molecule has 0 saturated heterocycles. The molecule has 6 heteroatoms. The van der Waals surface area contributed by atoms with E-state index in [0.29, 0.717) is 22.0 Å². The molecule has 1 unspecified atom stereocenters. The van der Waals surface area contributed by atoms with E-state index in [1.807, 2.05) is 81.4 Å². The van der Waals surface area contributed by atoms with E-state index in [4.69, 9.17) is 23.2 Å². The number of carbonyl (C=O) groups is 2. The molecule has 2 amide bonds. The molecule has 3 aromatic rings. The first kappa shape index (κ1) is 25.8. The highest BCUT2D eigenvalue weighted by atomic mass is 35.5. The van der Waals surface area contributed by atoms with Gasteiger partial charge in [0, 0.05) is 28.5 Å². The summed E-state index contributed by atoms with van der Waals surface area (Å²) in [5, 5.41) is 3.92. The lowest BCUT2D eigenvalue weighted by Crippen LogP contribution is -2.54. The quantitative estimate of drug-likeness (QED) is 0.410. The molecule has 0 radical (unpaired) electrons. The zero-order valence-electron chi connectivity index (χ0n) is 19.7. The Hall–Kier alpha value is -2.82. The third-order valence-corrected chi connectivity index (χ3v) is 6.06. The van der Waals surface area contributed by atoms with Gasteiger partial charge in [0.2, 0.25) is 11.8 Å². The molecule has 3 rings (SSSR count). The van der Waals surface area contributed by atoms with Crippen molar-refractivity contribution in [3.05, 3.63) is 106 Å². The Labute approximate surface area is 211 Å². The smallest absolute Gasteiger partial charge is 0.243 e. The summed E-state index contributed by atoms with van der Waals surface area (Å²) in [5.74, 6) is -0.422. The Morgan fingerprint density at radius 1 is 0.824 bits per heavy atom. The van der Waals surface area contributed by atoms with Crippen molar-refractivity contribution >= 4 is 35.0 Å². The second-order valence-corrected chi connectivity index (χ2v) is 10.1. The predicted octanol–water partition coefficient (Wildman–Crippen LogP) is 6.09. The zero-order chi connectivity index (χ0) is 24.7. The first-order valence-corrected chi connectivity index (χ1v) is 12.0. The summed E-state index contributed by atoms with van der Waals surface area (Å²) >= 11 is 12.7. The van der Waals surface area contributed by atoms with Gasteiger partial charge in [0.25, 0.3) is 0 Å². The average molecular weight is 497 g/mol. The number of hydrogen-bond donors (Lipinski definition) is 1. The van der Waals surface area contributed by atoms with Crippen molar-refractivity contribution in [3.8, 4) is 0 Å². The summed E-state index contributed by atoms with van der Waals surface area (Å²) in [7, 11) is 0. The van der Waals surface area contributed by atoms with Crippen LogP contribution in [0.4, 0.5) is 0 Å². The fraction of sp³-hybridized carbons (Fsp3) is 0.286. The molecule has 0 spiro atoms. The largest absolute Gasteiger partial charge is 0.350 e. The summed E-state index contributed by atoms with van der Waals surface area (Å²) in [6, 6.07) is 23.8. The van der Waals surface area contributed by atoms with Gasteiger partial charge in [0.1, 0.15) is 6.04 Å². The molecule has 1 N–H and O–H groups in total. The van der Waals surface area contributed by atoms with Crippen molar-refractivity contribution in [3.63, 3.8) is 0 Å². The number of nitrogens with one attached hydrogen (secondary N) is 1. The lowest BCUT2D eigenvalue weighted by molar-refractivity contribution is -0.141. The van der Waals surface area contributed by atoms with Crippen LogP contribution >= 0.6 is 23.2 Å². The Morgan fingerprint density at radius 2 is 1.35 bits per heavy atom. The van der Waals surface area contributed by atoms with E-state index < -0.39 is 11.6 Å². The zero-order valence-corrected chi connectivity index (χ0v) is 21.2. The van der Waals surface area contributed by atoms with Crippen LogP contribution in [0.3, 0.4) is 0 Å². The monoisotopic (exact) mass is 496 g/mol. The maximum Gasteiger partial charge on any atom is 0.243 e. The van der Waals surface area contributed by atoms with E-state index >= 15 is 0 Å². The fourth-order valence-electron chi connectivity index (χ4n) is 3.74. The Morgan fingerprint density at radius 3 is 1.88 bits per heavy atom. The van der Waals surface area contributed by atoms with Crippen molar-refractivity contribution in [1.29, 1.82) is 0 Å². The summed E-state index contributed by atoms with van der Waals surface area (Å²) in [5.41, 5.74) is 2.02. The predicted molar refractivity (Wildman–Crippen MR) is 139 cm³/mol. The third-order valence-electron chi connectivity index (χ3n) is 5.35. The fourth-order valence-corrected chi connectivity index (χ4v) is 4.27. The van der Waals surface area contributed by atoms with Gasteiger partial charge < -0.3 is 10.2 Å².